The van der Waals surface area contributed by atoms with Crippen LogP contribution >= 0.6 is 35.7 Å². The Hall–Kier alpha value is -0.430. The minimum Gasteiger partial charge on any atom is -0.355 e. The smallest absolute Gasteiger partial charge is 0.193 e. The van der Waals surface area contributed by atoms with Crippen LogP contribution in [0.5, 0.6) is 0 Å². The summed E-state index contributed by atoms with van der Waals surface area (Å²) in [6.45, 7) is 0.984. The Morgan fingerprint density at radius 3 is 2.42 bits per heavy atom. The molecule has 0 aliphatic heterocycles. The van der Waals surface area contributed by atoms with Gasteiger partial charge >= 0.3 is 0 Å². The Labute approximate surface area is 137 Å². The van der Waals surface area contributed by atoms with E-state index in [1.165, 1.54) is 17.7 Å². The molecule has 0 aromatic heterocycles. The van der Waals surface area contributed by atoms with Gasteiger partial charge in [-0.3, -0.25) is 4.99 Å². The second-order valence-corrected chi connectivity index (χ2v) is 6.43. The van der Waals surface area contributed by atoms with E-state index in [4.69, 9.17) is 0 Å². The third kappa shape index (κ3) is 4.87. The minimum absolute atomic E-state index is 0. The van der Waals surface area contributed by atoms with Gasteiger partial charge in [0.15, 0.2) is 5.96 Å². The summed E-state index contributed by atoms with van der Waals surface area (Å²) in [5.41, 5.74) is 0. The molecule has 1 saturated carbocycles. The summed E-state index contributed by atoms with van der Waals surface area (Å²) in [6, 6.07) is 10.6. The fourth-order valence-electron chi connectivity index (χ4n) is 1.87. The fourth-order valence-corrected chi connectivity index (χ4v) is 3.11. The lowest BCUT2D eigenvalue weighted by Crippen LogP contribution is -2.40. The van der Waals surface area contributed by atoms with Crippen molar-refractivity contribution in [3.63, 3.8) is 0 Å². The molecular weight excluding hydrogens is 369 g/mol. The number of hydrogen-bond acceptors (Lipinski definition) is 2. The molecule has 0 heterocycles. The van der Waals surface area contributed by atoms with Crippen molar-refractivity contribution in [3.8, 4) is 0 Å². The first-order valence-electron chi connectivity index (χ1n) is 6.27. The van der Waals surface area contributed by atoms with Crippen molar-refractivity contribution in [2.45, 2.75) is 22.5 Å². The SMILES string of the molecule is CN=C(NCC1(Sc2ccccc2)CC1)N(C)C.I. The van der Waals surface area contributed by atoms with Gasteiger partial charge in [0, 0.05) is 37.3 Å². The van der Waals surface area contributed by atoms with Crippen LogP contribution in [0.15, 0.2) is 40.2 Å². The van der Waals surface area contributed by atoms with Gasteiger partial charge in [-0.15, -0.1) is 35.7 Å². The van der Waals surface area contributed by atoms with Crippen LogP contribution in [0.25, 0.3) is 0 Å². The Morgan fingerprint density at radius 1 is 1.32 bits per heavy atom. The lowest BCUT2D eigenvalue weighted by Gasteiger charge is -2.21. The predicted octanol–water partition coefficient (Wildman–Crippen LogP) is 3.07. The molecule has 0 radical (unpaired) electrons. The lowest BCUT2D eigenvalue weighted by molar-refractivity contribution is 0.580. The van der Waals surface area contributed by atoms with Crippen molar-refractivity contribution in [3.05, 3.63) is 30.3 Å². The third-order valence-corrected chi connectivity index (χ3v) is 4.58. The highest BCUT2D eigenvalue weighted by molar-refractivity contribution is 14.0. The van der Waals surface area contributed by atoms with E-state index in [1.54, 1.807) is 0 Å². The number of aliphatic imine (C=N–C) groups is 1. The van der Waals surface area contributed by atoms with E-state index in [0.717, 1.165) is 12.5 Å². The maximum absolute atomic E-state index is 4.25. The number of halogens is 1. The van der Waals surface area contributed by atoms with Crippen LogP contribution in [0.1, 0.15) is 12.8 Å². The van der Waals surface area contributed by atoms with E-state index in [0.29, 0.717) is 4.75 Å². The van der Waals surface area contributed by atoms with Gasteiger partial charge in [-0.25, -0.2) is 0 Å². The van der Waals surface area contributed by atoms with Gasteiger partial charge < -0.3 is 10.2 Å². The van der Waals surface area contributed by atoms with E-state index in [1.807, 2.05) is 37.8 Å². The second kappa shape index (κ2) is 7.38. The normalized spacial score (nSPS) is 16.5. The van der Waals surface area contributed by atoms with E-state index in [-0.39, 0.29) is 24.0 Å². The number of nitrogens with one attached hydrogen (secondary N) is 1. The molecule has 106 valence electrons. The lowest BCUT2D eigenvalue weighted by atomic mass is 10.4. The van der Waals surface area contributed by atoms with Gasteiger partial charge in [0.05, 0.1) is 0 Å². The Balaban J connectivity index is 0.00000180. The average molecular weight is 391 g/mol. The summed E-state index contributed by atoms with van der Waals surface area (Å²) in [4.78, 5) is 7.62. The van der Waals surface area contributed by atoms with Gasteiger partial charge in [-0.05, 0) is 25.0 Å². The van der Waals surface area contributed by atoms with Crippen LogP contribution in [0, 0.1) is 0 Å². The summed E-state index contributed by atoms with van der Waals surface area (Å²) >= 11 is 1.99. The Kier molecular flexibility index (Phi) is 6.46. The summed E-state index contributed by atoms with van der Waals surface area (Å²) in [7, 11) is 5.85. The molecule has 1 fully saturated rings. The molecular formula is C14H22IN3S. The zero-order valence-corrected chi connectivity index (χ0v) is 14.9. The van der Waals surface area contributed by atoms with E-state index in [9.17, 15) is 0 Å². The number of nitrogens with zero attached hydrogens (tertiary/aromatic N) is 2. The molecule has 1 aromatic rings. The zero-order chi connectivity index (χ0) is 13.0. The fraction of sp³-hybridized carbons (Fsp3) is 0.500. The molecule has 19 heavy (non-hydrogen) atoms. The van der Waals surface area contributed by atoms with Crippen molar-refractivity contribution in [2.75, 3.05) is 27.7 Å². The monoisotopic (exact) mass is 391 g/mol. The maximum atomic E-state index is 4.25. The van der Waals surface area contributed by atoms with Gasteiger partial charge in [-0.1, -0.05) is 18.2 Å². The number of thioether (sulfide) groups is 1. The predicted molar refractivity (Wildman–Crippen MR) is 94.7 cm³/mol. The van der Waals surface area contributed by atoms with Gasteiger partial charge in [0.25, 0.3) is 0 Å². The molecule has 0 amide bonds. The van der Waals surface area contributed by atoms with Gasteiger partial charge in [0.1, 0.15) is 0 Å². The van der Waals surface area contributed by atoms with Crippen LogP contribution in [0.3, 0.4) is 0 Å². The standard InChI is InChI=1S/C14H21N3S.HI/c1-15-13(17(2)3)16-11-14(9-10-14)18-12-7-5-4-6-8-12;/h4-8H,9-11H2,1-3H3,(H,15,16);1H. The topological polar surface area (TPSA) is 27.6 Å². The maximum Gasteiger partial charge on any atom is 0.193 e. The molecule has 0 spiro atoms. The third-order valence-electron chi connectivity index (χ3n) is 3.09. The summed E-state index contributed by atoms with van der Waals surface area (Å²) < 4.78 is 0.368. The van der Waals surface area contributed by atoms with Crippen molar-refractivity contribution >= 4 is 41.7 Å². The molecule has 0 bridgehead atoms. The first-order chi connectivity index (χ1) is 8.65. The summed E-state index contributed by atoms with van der Waals surface area (Å²) in [5.74, 6) is 0.954. The molecule has 1 N–H and O–H groups in total. The van der Waals surface area contributed by atoms with E-state index in [2.05, 4.69) is 40.6 Å². The Morgan fingerprint density at radius 2 is 1.95 bits per heavy atom. The van der Waals surface area contributed by atoms with Crippen molar-refractivity contribution < 1.29 is 0 Å². The van der Waals surface area contributed by atoms with Crippen LogP contribution in [-0.4, -0.2) is 43.3 Å². The molecule has 0 saturated heterocycles. The number of benzene rings is 1. The van der Waals surface area contributed by atoms with Gasteiger partial charge in [-0.2, -0.15) is 0 Å². The molecule has 2 rings (SSSR count). The van der Waals surface area contributed by atoms with Crippen LogP contribution in [0.2, 0.25) is 0 Å². The molecule has 3 nitrogen and oxygen atoms in total. The summed E-state index contributed by atoms with van der Waals surface area (Å²) in [6.07, 6.45) is 2.56. The van der Waals surface area contributed by atoms with E-state index < -0.39 is 0 Å². The first-order valence-corrected chi connectivity index (χ1v) is 7.09. The largest absolute Gasteiger partial charge is 0.355 e. The molecule has 1 aliphatic carbocycles. The highest BCUT2D eigenvalue weighted by Gasteiger charge is 2.43. The van der Waals surface area contributed by atoms with Crippen molar-refractivity contribution in [2.24, 2.45) is 4.99 Å². The highest BCUT2D eigenvalue weighted by Crippen LogP contribution is 2.51. The highest BCUT2D eigenvalue weighted by atomic mass is 127. The minimum atomic E-state index is 0. The Bertz CT molecular complexity index is 416. The number of guanidine groups is 1. The van der Waals surface area contributed by atoms with Gasteiger partial charge in [0.2, 0.25) is 0 Å². The molecule has 5 heteroatoms. The molecule has 1 aromatic carbocycles. The zero-order valence-electron chi connectivity index (χ0n) is 11.7. The first kappa shape index (κ1) is 16.6. The number of hydrogen-bond donors (Lipinski definition) is 1. The quantitative estimate of drug-likeness (QED) is 0.486. The van der Waals surface area contributed by atoms with Crippen LogP contribution in [-0.2, 0) is 0 Å². The second-order valence-electron chi connectivity index (χ2n) is 4.89. The molecule has 1 aliphatic rings. The van der Waals surface area contributed by atoms with Crippen LogP contribution in [0.4, 0.5) is 0 Å². The van der Waals surface area contributed by atoms with Crippen molar-refractivity contribution in [1.82, 2.24) is 10.2 Å². The van der Waals surface area contributed by atoms with E-state index >= 15 is 0 Å². The average Bonchev–Trinajstić information content (AvgIpc) is 3.11. The van der Waals surface area contributed by atoms with Crippen LogP contribution < -0.4 is 5.32 Å². The molecule has 0 unspecified atom stereocenters. The molecule has 0 atom stereocenters. The van der Waals surface area contributed by atoms with Crippen molar-refractivity contribution in [1.29, 1.82) is 0 Å². The summed E-state index contributed by atoms with van der Waals surface area (Å²) in [5, 5.41) is 3.45. The number of rotatable bonds is 4.